The predicted molar refractivity (Wildman–Crippen MR) is 74.7 cm³/mol. The minimum atomic E-state index is 0.291. The lowest BCUT2D eigenvalue weighted by atomic mass is 10.2. The highest BCUT2D eigenvalue weighted by Crippen LogP contribution is 2.24. The van der Waals surface area contributed by atoms with Crippen LogP contribution in [0.25, 0.3) is 0 Å². The summed E-state index contributed by atoms with van der Waals surface area (Å²) in [6, 6.07) is 8.96. The van der Waals surface area contributed by atoms with Crippen molar-refractivity contribution in [3.63, 3.8) is 0 Å². The number of carbonyl (C=O) groups is 1. The lowest BCUT2D eigenvalue weighted by Gasteiger charge is -2.10. The average molecular weight is 322 g/mol. The van der Waals surface area contributed by atoms with Crippen LogP contribution in [0.3, 0.4) is 0 Å². The van der Waals surface area contributed by atoms with Crippen molar-refractivity contribution in [1.29, 1.82) is 0 Å². The molecular weight excluding hydrogens is 310 g/mol. The molecule has 0 saturated carbocycles. The molecule has 2 rings (SSSR count). The second-order valence-electron chi connectivity index (χ2n) is 3.76. The minimum absolute atomic E-state index is 0.291. The van der Waals surface area contributed by atoms with Crippen LogP contribution in [0.4, 0.5) is 0 Å². The van der Waals surface area contributed by atoms with Crippen LogP contribution >= 0.6 is 15.9 Å². The van der Waals surface area contributed by atoms with Crippen LogP contribution in [0.1, 0.15) is 15.9 Å². The second kappa shape index (κ2) is 6.33. The fraction of sp³-hybridized carbons (Fsp3) is 0.143. The molecule has 2 aromatic rings. The van der Waals surface area contributed by atoms with Crippen molar-refractivity contribution in [3.05, 3.63) is 52.1 Å². The number of benzene rings is 1. The summed E-state index contributed by atoms with van der Waals surface area (Å²) in [5.74, 6) is 1.05. The number of aldehydes is 1. The van der Waals surface area contributed by atoms with E-state index in [-0.39, 0.29) is 0 Å². The Morgan fingerprint density at radius 3 is 2.95 bits per heavy atom. The van der Waals surface area contributed by atoms with Gasteiger partial charge in [-0.1, -0.05) is 15.9 Å². The van der Waals surface area contributed by atoms with Crippen LogP contribution in [0.5, 0.6) is 11.6 Å². The quantitative estimate of drug-likeness (QED) is 0.793. The molecule has 1 aromatic carbocycles. The molecule has 0 N–H and O–H groups in total. The molecule has 98 valence electrons. The van der Waals surface area contributed by atoms with Gasteiger partial charge in [-0.05, 0) is 30.3 Å². The van der Waals surface area contributed by atoms with E-state index in [9.17, 15) is 4.79 Å². The van der Waals surface area contributed by atoms with Crippen molar-refractivity contribution in [2.75, 3.05) is 7.11 Å². The van der Waals surface area contributed by atoms with E-state index in [1.807, 2.05) is 18.2 Å². The number of ether oxygens (including phenoxy) is 2. The summed E-state index contributed by atoms with van der Waals surface area (Å²) in [4.78, 5) is 15.1. The Balaban J connectivity index is 2.16. The van der Waals surface area contributed by atoms with Crippen molar-refractivity contribution in [1.82, 2.24) is 4.98 Å². The Hall–Kier alpha value is -1.88. The Bertz CT molecular complexity index is 587. The number of hydrogen-bond acceptors (Lipinski definition) is 4. The van der Waals surface area contributed by atoms with Gasteiger partial charge in [-0.2, -0.15) is 0 Å². The van der Waals surface area contributed by atoms with Crippen LogP contribution < -0.4 is 9.47 Å². The fourth-order valence-corrected chi connectivity index (χ4v) is 1.99. The number of aromatic nitrogens is 1. The second-order valence-corrected chi connectivity index (χ2v) is 4.68. The number of pyridine rings is 1. The van der Waals surface area contributed by atoms with Gasteiger partial charge in [0.15, 0.2) is 6.29 Å². The van der Waals surface area contributed by atoms with Crippen LogP contribution in [-0.2, 0) is 6.61 Å². The van der Waals surface area contributed by atoms with Crippen LogP contribution in [0.2, 0.25) is 0 Å². The molecule has 0 aliphatic heterocycles. The summed E-state index contributed by atoms with van der Waals surface area (Å²) in [5.41, 5.74) is 1.32. The summed E-state index contributed by atoms with van der Waals surface area (Å²) < 4.78 is 11.6. The third kappa shape index (κ3) is 3.32. The topological polar surface area (TPSA) is 48.4 Å². The lowest BCUT2D eigenvalue weighted by Crippen LogP contribution is -2.01. The largest absolute Gasteiger partial charge is 0.488 e. The summed E-state index contributed by atoms with van der Waals surface area (Å²) in [6.07, 6.45) is 2.42. The highest BCUT2D eigenvalue weighted by molar-refractivity contribution is 9.10. The van der Waals surface area contributed by atoms with Crippen LogP contribution in [0, 0.1) is 0 Å². The third-order valence-corrected chi connectivity index (χ3v) is 3.02. The van der Waals surface area contributed by atoms with E-state index in [2.05, 4.69) is 20.9 Å². The van der Waals surface area contributed by atoms with Gasteiger partial charge in [0, 0.05) is 10.7 Å². The molecule has 0 radical (unpaired) electrons. The molecular formula is C14H12BrNO3. The Morgan fingerprint density at radius 1 is 1.37 bits per heavy atom. The SMILES string of the molecule is COc1ncccc1COc1ccc(Br)cc1C=O. The fourth-order valence-electron chi connectivity index (χ4n) is 1.62. The van der Waals surface area contributed by atoms with Gasteiger partial charge in [-0.25, -0.2) is 4.98 Å². The number of carbonyl (C=O) groups excluding carboxylic acids is 1. The van der Waals surface area contributed by atoms with E-state index in [1.54, 1.807) is 25.4 Å². The summed E-state index contributed by atoms with van der Waals surface area (Å²) in [7, 11) is 1.56. The summed E-state index contributed by atoms with van der Waals surface area (Å²) in [6.45, 7) is 0.291. The predicted octanol–water partition coefficient (Wildman–Crippen LogP) is 3.24. The minimum Gasteiger partial charge on any atom is -0.488 e. The van der Waals surface area contributed by atoms with Gasteiger partial charge in [-0.15, -0.1) is 0 Å². The maximum absolute atomic E-state index is 11.0. The molecule has 0 saturated heterocycles. The normalized spacial score (nSPS) is 10.0. The van der Waals surface area contributed by atoms with E-state index in [1.165, 1.54) is 0 Å². The number of nitrogens with zero attached hydrogens (tertiary/aromatic N) is 1. The zero-order valence-corrected chi connectivity index (χ0v) is 11.9. The van der Waals surface area contributed by atoms with Crippen LogP contribution in [0.15, 0.2) is 41.0 Å². The highest BCUT2D eigenvalue weighted by Gasteiger charge is 2.07. The van der Waals surface area contributed by atoms with E-state index < -0.39 is 0 Å². The number of rotatable bonds is 5. The Morgan fingerprint density at radius 2 is 2.21 bits per heavy atom. The van der Waals surface area contributed by atoms with Gasteiger partial charge < -0.3 is 9.47 Å². The van der Waals surface area contributed by atoms with E-state index in [4.69, 9.17) is 9.47 Å². The monoisotopic (exact) mass is 321 g/mol. The number of hydrogen-bond donors (Lipinski definition) is 0. The zero-order valence-electron chi connectivity index (χ0n) is 10.3. The molecule has 5 heteroatoms. The molecule has 0 spiro atoms. The molecule has 0 aliphatic carbocycles. The van der Waals surface area contributed by atoms with Crippen molar-refractivity contribution >= 4 is 22.2 Å². The Labute approximate surface area is 119 Å². The van der Waals surface area contributed by atoms with E-state index in [0.717, 1.165) is 16.3 Å². The number of halogens is 1. The van der Waals surface area contributed by atoms with Gasteiger partial charge in [0.25, 0.3) is 0 Å². The van der Waals surface area contributed by atoms with Crippen molar-refractivity contribution in [2.24, 2.45) is 0 Å². The smallest absolute Gasteiger partial charge is 0.219 e. The molecule has 0 amide bonds. The highest BCUT2D eigenvalue weighted by atomic mass is 79.9. The molecule has 1 heterocycles. The van der Waals surface area contributed by atoms with Gasteiger partial charge in [0.05, 0.1) is 18.2 Å². The summed E-state index contributed by atoms with van der Waals surface area (Å²) >= 11 is 3.31. The molecule has 4 nitrogen and oxygen atoms in total. The molecule has 0 aliphatic rings. The maximum Gasteiger partial charge on any atom is 0.219 e. The first-order valence-corrected chi connectivity index (χ1v) is 6.39. The van der Waals surface area contributed by atoms with E-state index >= 15 is 0 Å². The van der Waals surface area contributed by atoms with Gasteiger partial charge >= 0.3 is 0 Å². The standard InChI is InChI=1S/C14H12BrNO3/c1-18-14-10(3-2-6-16-14)9-19-13-5-4-12(15)7-11(13)8-17/h2-8H,9H2,1H3. The molecule has 0 unspecified atom stereocenters. The Kier molecular flexibility index (Phi) is 4.52. The van der Waals surface area contributed by atoms with Gasteiger partial charge in [0.1, 0.15) is 12.4 Å². The van der Waals surface area contributed by atoms with Crippen LogP contribution in [-0.4, -0.2) is 18.4 Å². The van der Waals surface area contributed by atoms with Gasteiger partial charge in [0.2, 0.25) is 5.88 Å². The first kappa shape index (κ1) is 13.5. The zero-order chi connectivity index (χ0) is 13.7. The first-order chi connectivity index (χ1) is 9.24. The van der Waals surface area contributed by atoms with Crippen molar-refractivity contribution in [3.8, 4) is 11.6 Å². The first-order valence-electron chi connectivity index (χ1n) is 5.60. The summed E-state index contributed by atoms with van der Waals surface area (Å²) in [5, 5.41) is 0. The lowest BCUT2D eigenvalue weighted by molar-refractivity contribution is 0.111. The van der Waals surface area contributed by atoms with Gasteiger partial charge in [-0.3, -0.25) is 4.79 Å². The molecule has 0 bridgehead atoms. The van der Waals surface area contributed by atoms with Crippen molar-refractivity contribution < 1.29 is 14.3 Å². The molecule has 0 atom stereocenters. The third-order valence-electron chi connectivity index (χ3n) is 2.53. The molecule has 1 aromatic heterocycles. The number of methoxy groups -OCH3 is 1. The maximum atomic E-state index is 11.0. The molecule has 19 heavy (non-hydrogen) atoms. The average Bonchev–Trinajstić information content (AvgIpc) is 2.46. The molecule has 0 fully saturated rings. The van der Waals surface area contributed by atoms with E-state index in [0.29, 0.717) is 23.8 Å². The van der Waals surface area contributed by atoms with Crippen molar-refractivity contribution in [2.45, 2.75) is 6.61 Å².